The molecular weight excluding hydrogens is 305 g/mol. The summed E-state index contributed by atoms with van der Waals surface area (Å²) in [6.07, 6.45) is 2.64. The number of rotatable bonds is 2. The fourth-order valence-corrected chi connectivity index (χ4v) is 2.56. The summed E-state index contributed by atoms with van der Waals surface area (Å²) in [5, 5.41) is 2.94. The number of aryl methyl sites for hydroxylation is 2. The van der Waals surface area contributed by atoms with Crippen molar-refractivity contribution >= 4 is 34.2 Å². The van der Waals surface area contributed by atoms with Crippen molar-refractivity contribution in [3.63, 3.8) is 0 Å². The van der Waals surface area contributed by atoms with Crippen LogP contribution in [-0.2, 0) is 7.05 Å². The minimum atomic E-state index is -0.500. The normalized spacial score (nSPS) is 10.9. The minimum absolute atomic E-state index is 0.0627. The molecule has 0 saturated carbocycles. The number of hydrogen-bond acceptors (Lipinski definition) is 2. The Morgan fingerprint density at radius 3 is 2.68 bits per heavy atom. The van der Waals surface area contributed by atoms with Crippen LogP contribution in [0, 0.1) is 12.7 Å². The summed E-state index contributed by atoms with van der Waals surface area (Å²) in [6, 6.07) is 7.34. The summed E-state index contributed by atoms with van der Waals surface area (Å²) >= 11 is 6.19. The highest BCUT2D eigenvalue weighted by molar-refractivity contribution is 6.38. The Bertz CT molecular complexity index is 871. The summed E-state index contributed by atoms with van der Waals surface area (Å²) in [5.41, 5.74) is 2.26. The van der Waals surface area contributed by atoms with E-state index in [1.807, 2.05) is 19.1 Å². The van der Waals surface area contributed by atoms with Gasteiger partial charge in [0, 0.05) is 25.1 Å². The van der Waals surface area contributed by atoms with Gasteiger partial charge in [0.1, 0.15) is 5.65 Å². The molecule has 3 aromatic rings. The van der Waals surface area contributed by atoms with E-state index in [9.17, 15) is 9.18 Å². The Hall–Kier alpha value is -2.40. The summed E-state index contributed by atoms with van der Waals surface area (Å²) in [7, 11) is 1.67. The van der Waals surface area contributed by atoms with Crippen LogP contribution in [0.3, 0.4) is 0 Å². The predicted molar refractivity (Wildman–Crippen MR) is 84.8 cm³/mol. The van der Waals surface area contributed by atoms with E-state index >= 15 is 0 Å². The second kappa shape index (κ2) is 5.42. The van der Waals surface area contributed by atoms with Gasteiger partial charge in [0.2, 0.25) is 0 Å². The molecule has 0 aliphatic heterocycles. The van der Waals surface area contributed by atoms with Crippen LogP contribution >= 0.6 is 11.6 Å². The number of anilines is 1. The number of fused-ring (bicyclic) bond motifs is 1. The molecule has 0 fully saturated rings. The maximum atomic E-state index is 13.9. The molecule has 112 valence electrons. The van der Waals surface area contributed by atoms with Gasteiger partial charge in [0.25, 0.3) is 5.91 Å². The van der Waals surface area contributed by atoms with Crippen LogP contribution in [0.15, 0.2) is 36.7 Å². The van der Waals surface area contributed by atoms with Crippen LogP contribution in [0.25, 0.3) is 11.0 Å². The maximum absolute atomic E-state index is 13.9. The second-order valence-electron chi connectivity index (χ2n) is 5.09. The zero-order chi connectivity index (χ0) is 15.9. The molecule has 1 aromatic carbocycles. The average molecular weight is 318 g/mol. The van der Waals surface area contributed by atoms with E-state index in [0.29, 0.717) is 11.3 Å². The Morgan fingerprint density at radius 1 is 1.32 bits per heavy atom. The smallest absolute Gasteiger partial charge is 0.258 e. The molecule has 0 unspecified atom stereocenters. The summed E-state index contributed by atoms with van der Waals surface area (Å²) in [6.45, 7) is 1.96. The number of nitrogens with zero attached hydrogens (tertiary/aromatic N) is 2. The van der Waals surface area contributed by atoms with E-state index in [4.69, 9.17) is 11.6 Å². The molecule has 6 heteroatoms. The van der Waals surface area contributed by atoms with Crippen molar-refractivity contribution in [1.29, 1.82) is 0 Å². The average Bonchev–Trinajstić information content (AvgIpc) is 2.77. The fourth-order valence-electron chi connectivity index (χ4n) is 2.25. The van der Waals surface area contributed by atoms with Crippen molar-refractivity contribution in [1.82, 2.24) is 9.55 Å². The Labute approximate surface area is 131 Å². The molecule has 0 spiro atoms. The van der Waals surface area contributed by atoms with Crippen LogP contribution < -0.4 is 5.32 Å². The standard InChI is InChI=1S/C16H13ClFN3O/c1-9-3-5-10(6-4-9)20-16(22)11-7-19-15-13(14(11)17)12(18)8-21(15)2/h3-8H,1-2H3,(H,20,22). The first-order valence-electron chi connectivity index (χ1n) is 6.64. The van der Waals surface area contributed by atoms with Crippen LogP contribution in [-0.4, -0.2) is 15.5 Å². The lowest BCUT2D eigenvalue weighted by Gasteiger charge is -2.08. The first-order chi connectivity index (χ1) is 10.5. The van der Waals surface area contributed by atoms with E-state index in [2.05, 4.69) is 10.3 Å². The molecule has 1 N–H and O–H groups in total. The van der Waals surface area contributed by atoms with Gasteiger partial charge in [-0.2, -0.15) is 0 Å². The number of benzene rings is 1. The van der Waals surface area contributed by atoms with E-state index in [-0.39, 0.29) is 16.0 Å². The van der Waals surface area contributed by atoms with Gasteiger partial charge < -0.3 is 9.88 Å². The van der Waals surface area contributed by atoms with Gasteiger partial charge in [-0.1, -0.05) is 29.3 Å². The molecule has 0 saturated heterocycles. The first-order valence-corrected chi connectivity index (χ1v) is 7.02. The van der Waals surface area contributed by atoms with Gasteiger partial charge in [-0.05, 0) is 19.1 Å². The minimum Gasteiger partial charge on any atom is -0.333 e. The highest BCUT2D eigenvalue weighted by Crippen LogP contribution is 2.29. The van der Waals surface area contributed by atoms with Crippen LogP contribution in [0.4, 0.5) is 10.1 Å². The molecule has 0 aliphatic rings. The summed E-state index contributed by atoms with van der Waals surface area (Å²) < 4.78 is 15.4. The lowest BCUT2D eigenvalue weighted by molar-refractivity contribution is 0.102. The second-order valence-corrected chi connectivity index (χ2v) is 5.47. The van der Waals surface area contributed by atoms with Crippen LogP contribution in [0.1, 0.15) is 15.9 Å². The molecule has 3 rings (SSSR count). The van der Waals surface area contributed by atoms with Crippen molar-refractivity contribution in [3.05, 3.63) is 58.6 Å². The third kappa shape index (κ3) is 2.44. The van der Waals surface area contributed by atoms with E-state index < -0.39 is 11.7 Å². The number of hydrogen-bond donors (Lipinski definition) is 1. The molecule has 2 aromatic heterocycles. The largest absolute Gasteiger partial charge is 0.333 e. The molecule has 0 bridgehead atoms. The number of amides is 1. The zero-order valence-corrected chi connectivity index (χ0v) is 12.8. The van der Waals surface area contributed by atoms with Crippen LogP contribution in [0.5, 0.6) is 0 Å². The lowest BCUT2D eigenvalue weighted by Crippen LogP contribution is -2.13. The van der Waals surface area contributed by atoms with Gasteiger partial charge in [-0.15, -0.1) is 0 Å². The fraction of sp³-hybridized carbons (Fsp3) is 0.125. The number of pyridine rings is 1. The van der Waals surface area contributed by atoms with Crippen molar-refractivity contribution in [2.45, 2.75) is 6.92 Å². The topological polar surface area (TPSA) is 46.9 Å². The molecule has 2 heterocycles. The summed E-state index contributed by atoms with van der Waals surface area (Å²) in [4.78, 5) is 16.4. The highest BCUT2D eigenvalue weighted by Gasteiger charge is 2.19. The lowest BCUT2D eigenvalue weighted by atomic mass is 10.2. The quantitative estimate of drug-likeness (QED) is 0.778. The maximum Gasteiger partial charge on any atom is 0.258 e. The number of aromatic nitrogens is 2. The third-order valence-corrected chi connectivity index (χ3v) is 3.82. The van der Waals surface area contributed by atoms with Crippen molar-refractivity contribution in [2.75, 3.05) is 5.32 Å². The molecule has 0 atom stereocenters. The Balaban J connectivity index is 1.99. The first kappa shape index (κ1) is 14.5. The zero-order valence-electron chi connectivity index (χ0n) is 12.0. The molecule has 4 nitrogen and oxygen atoms in total. The highest BCUT2D eigenvalue weighted by atomic mass is 35.5. The van der Waals surface area contributed by atoms with Gasteiger partial charge in [0.05, 0.1) is 16.0 Å². The van der Waals surface area contributed by atoms with Gasteiger partial charge in [-0.3, -0.25) is 4.79 Å². The third-order valence-electron chi connectivity index (χ3n) is 3.43. The van der Waals surface area contributed by atoms with Crippen LogP contribution in [0.2, 0.25) is 5.02 Å². The van der Waals surface area contributed by atoms with Gasteiger partial charge in [-0.25, -0.2) is 9.37 Å². The van der Waals surface area contributed by atoms with Gasteiger partial charge >= 0.3 is 0 Å². The molecule has 1 amide bonds. The molecule has 0 radical (unpaired) electrons. The van der Waals surface area contributed by atoms with E-state index in [1.165, 1.54) is 17.0 Å². The van der Waals surface area contributed by atoms with E-state index in [1.54, 1.807) is 19.2 Å². The summed E-state index contributed by atoms with van der Waals surface area (Å²) in [5.74, 6) is -0.925. The van der Waals surface area contributed by atoms with Gasteiger partial charge in [0.15, 0.2) is 5.82 Å². The predicted octanol–water partition coefficient (Wildman–Crippen LogP) is 3.93. The monoisotopic (exact) mass is 317 g/mol. The van der Waals surface area contributed by atoms with Crippen molar-refractivity contribution in [3.8, 4) is 0 Å². The molecule has 0 aliphatic carbocycles. The molecular formula is C16H13ClFN3O. The Morgan fingerprint density at radius 2 is 2.00 bits per heavy atom. The number of carbonyl (C=O) groups is 1. The number of halogens is 2. The van der Waals surface area contributed by atoms with Crippen molar-refractivity contribution in [2.24, 2.45) is 7.05 Å². The number of carbonyl (C=O) groups excluding carboxylic acids is 1. The molecule has 22 heavy (non-hydrogen) atoms. The van der Waals surface area contributed by atoms with E-state index in [0.717, 1.165) is 5.56 Å². The number of nitrogens with one attached hydrogen (secondary N) is 1. The van der Waals surface area contributed by atoms with Crippen molar-refractivity contribution < 1.29 is 9.18 Å². The Kier molecular flexibility index (Phi) is 3.58. The SMILES string of the molecule is Cc1ccc(NC(=O)c2cnc3c(c(F)cn3C)c2Cl)cc1.